The zero-order valence-electron chi connectivity index (χ0n) is 11.7. The molecule has 2 saturated carbocycles. The molecule has 2 fully saturated rings. The Morgan fingerprint density at radius 1 is 1.20 bits per heavy atom. The average Bonchev–Trinajstić information content (AvgIpc) is 3.34. The molecule has 104 valence electrons. The monoisotopic (exact) mass is 269 g/mol. The minimum Gasteiger partial charge on any atom is -0.398 e. The van der Waals surface area contributed by atoms with Crippen molar-refractivity contribution >= 4 is 5.69 Å². The summed E-state index contributed by atoms with van der Waals surface area (Å²) in [7, 11) is 0. The maximum absolute atomic E-state index is 6.12. The minimum atomic E-state index is 0.472. The van der Waals surface area contributed by atoms with Crippen molar-refractivity contribution in [3.8, 4) is 11.4 Å². The number of hydrogen-bond donors (Lipinski definition) is 1. The summed E-state index contributed by atoms with van der Waals surface area (Å²) in [6.07, 6.45) is 5.24. The Hall–Kier alpha value is -1.91. The van der Waals surface area contributed by atoms with E-state index < -0.39 is 0 Å². The standard InChI is InChI=1S/C15H19N5/c1-9-2-7-13(16)12(8-9)15-17-18-19-20(15)14(10-3-4-10)11-5-6-11/h2,7-8,10-11,14H,3-6,16H2,1H3. The van der Waals surface area contributed by atoms with Crippen LogP contribution in [0.1, 0.15) is 37.3 Å². The molecule has 0 atom stereocenters. The summed E-state index contributed by atoms with van der Waals surface area (Å²) in [6, 6.07) is 6.51. The van der Waals surface area contributed by atoms with E-state index in [1.807, 2.05) is 16.8 Å². The Balaban J connectivity index is 1.79. The number of anilines is 1. The molecule has 2 N–H and O–H groups in total. The van der Waals surface area contributed by atoms with Gasteiger partial charge in [-0.15, -0.1) is 5.10 Å². The lowest BCUT2D eigenvalue weighted by molar-refractivity contribution is 0.357. The summed E-state index contributed by atoms with van der Waals surface area (Å²) >= 11 is 0. The van der Waals surface area contributed by atoms with E-state index in [2.05, 4.69) is 28.5 Å². The molecule has 0 radical (unpaired) electrons. The number of nitrogens with zero attached hydrogens (tertiary/aromatic N) is 4. The highest BCUT2D eigenvalue weighted by Crippen LogP contribution is 2.52. The highest BCUT2D eigenvalue weighted by molar-refractivity contribution is 5.72. The van der Waals surface area contributed by atoms with Crippen LogP contribution in [0.25, 0.3) is 11.4 Å². The molecule has 0 amide bonds. The average molecular weight is 269 g/mol. The largest absolute Gasteiger partial charge is 0.398 e. The van der Waals surface area contributed by atoms with Crippen LogP contribution in [0.3, 0.4) is 0 Å². The number of tetrazole rings is 1. The molecule has 1 heterocycles. The molecular formula is C15H19N5. The lowest BCUT2D eigenvalue weighted by Crippen LogP contribution is -2.17. The van der Waals surface area contributed by atoms with Crippen molar-refractivity contribution in [3.63, 3.8) is 0 Å². The Bertz CT molecular complexity index is 627. The molecule has 2 aliphatic rings. The van der Waals surface area contributed by atoms with Crippen molar-refractivity contribution < 1.29 is 0 Å². The first-order chi connectivity index (χ1) is 9.74. The fourth-order valence-electron chi connectivity index (χ4n) is 3.10. The van der Waals surface area contributed by atoms with E-state index in [-0.39, 0.29) is 0 Å². The topological polar surface area (TPSA) is 69.6 Å². The molecule has 2 aliphatic carbocycles. The quantitative estimate of drug-likeness (QED) is 0.866. The van der Waals surface area contributed by atoms with E-state index in [1.165, 1.54) is 31.2 Å². The van der Waals surface area contributed by atoms with Gasteiger partial charge in [-0.25, -0.2) is 4.68 Å². The third-order valence-electron chi connectivity index (χ3n) is 4.43. The number of aromatic nitrogens is 4. The second kappa shape index (κ2) is 4.30. The third-order valence-corrected chi connectivity index (χ3v) is 4.43. The normalized spacial score (nSPS) is 18.7. The number of nitrogen functional groups attached to an aromatic ring is 1. The van der Waals surface area contributed by atoms with E-state index in [9.17, 15) is 0 Å². The van der Waals surface area contributed by atoms with Crippen molar-refractivity contribution in [3.05, 3.63) is 23.8 Å². The van der Waals surface area contributed by atoms with E-state index >= 15 is 0 Å². The lowest BCUT2D eigenvalue weighted by Gasteiger charge is -2.17. The van der Waals surface area contributed by atoms with Crippen LogP contribution < -0.4 is 5.73 Å². The summed E-state index contributed by atoms with van der Waals surface area (Å²) in [5.41, 5.74) is 9.01. The first-order valence-corrected chi connectivity index (χ1v) is 7.38. The number of aryl methyl sites for hydroxylation is 1. The van der Waals surface area contributed by atoms with Gasteiger partial charge in [0, 0.05) is 11.3 Å². The first kappa shape index (κ1) is 11.9. The van der Waals surface area contributed by atoms with Crippen molar-refractivity contribution in [1.29, 1.82) is 0 Å². The molecule has 0 spiro atoms. The first-order valence-electron chi connectivity index (χ1n) is 7.38. The van der Waals surface area contributed by atoms with E-state index in [4.69, 9.17) is 5.73 Å². The van der Waals surface area contributed by atoms with Gasteiger partial charge in [-0.3, -0.25) is 0 Å². The van der Waals surface area contributed by atoms with Crippen molar-refractivity contribution in [2.24, 2.45) is 11.8 Å². The third kappa shape index (κ3) is 1.97. The van der Waals surface area contributed by atoms with E-state index in [0.717, 1.165) is 28.9 Å². The highest BCUT2D eigenvalue weighted by Gasteiger charge is 2.44. The molecule has 0 saturated heterocycles. The Kier molecular flexibility index (Phi) is 2.55. The summed E-state index contributed by atoms with van der Waals surface area (Å²) < 4.78 is 2.04. The van der Waals surface area contributed by atoms with E-state index in [0.29, 0.717) is 6.04 Å². The van der Waals surface area contributed by atoms with E-state index in [1.54, 1.807) is 0 Å². The van der Waals surface area contributed by atoms with Gasteiger partial charge >= 0.3 is 0 Å². The SMILES string of the molecule is Cc1ccc(N)c(-c2nnnn2C(C2CC2)C2CC2)c1. The fourth-order valence-corrected chi connectivity index (χ4v) is 3.10. The number of rotatable bonds is 4. The zero-order valence-corrected chi connectivity index (χ0v) is 11.7. The zero-order chi connectivity index (χ0) is 13.7. The molecule has 5 nitrogen and oxygen atoms in total. The molecule has 1 aromatic carbocycles. The molecule has 0 unspecified atom stereocenters. The van der Waals surface area contributed by atoms with Gasteiger partial charge in [-0.1, -0.05) is 11.6 Å². The van der Waals surface area contributed by atoms with Gasteiger partial charge in [0.05, 0.1) is 6.04 Å². The second-order valence-electron chi connectivity index (χ2n) is 6.20. The predicted molar refractivity (Wildman–Crippen MR) is 76.9 cm³/mol. The molecule has 20 heavy (non-hydrogen) atoms. The maximum atomic E-state index is 6.12. The van der Waals surface area contributed by atoms with Gasteiger partial charge < -0.3 is 5.73 Å². The lowest BCUT2D eigenvalue weighted by atomic mass is 10.1. The molecule has 0 bridgehead atoms. The molecule has 1 aromatic heterocycles. The Morgan fingerprint density at radius 3 is 2.55 bits per heavy atom. The molecular weight excluding hydrogens is 250 g/mol. The fraction of sp³-hybridized carbons (Fsp3) is 0.533. The second-order valence-corrected chi connectivity index (χ2v) is 6.20. The van der Waals surface area contributed by atoms with Gasteiger partial charge in [0.25, 0.3) is 0 Å². The predicted octanol–water partition coefficient (Wildman–Crippen LogP) is 2.59. The van der Waals surface area contributed by atoms with Crippen LogP contribution in [0.4, 0.5) is 5.69 Å². The minimum absolute atomic E-state index is 0.472. The van der Waals surface area contributed by atoms with Crippen LogP contribution in [-0.4, -0.2) is 20.2 Å². The van der Waals surface area contributed by atoms with Crippen LogP contribution in [0.5, 0.6) is 0 Å². The van der Waals surface area contributed by atoms with Crippen LogP contribution in [0.15, 0.2) is 18.2 Å². The highest BCUT2D eigenvalue weighted by atomic mass is 15.6. The molecule has 5 heteroatoms. The number of hydrogen-bond acceptors (Lipinski definition) is 4. The van der Waals surface area contributed by atoms with Crippen LogP contribution in [-0.2, 0) is 0 Å². The number of benzene rings is 1. The Morgan fingerprint density at radius 2 is 1.90 bits per heavy atom. The van der Waals surface area contributed by atoms with Crippen molar-refractivity contribution in [2.75, 3.05) is 5.73 Å². The molecule has 4 rings (SSSR count). The van der Waals surface area contributed by atoms with Crippen molar-refractivity contribution in [2.45, 2.75) is 38.6 Å². The van der Waals surface area contributed by atoms with Crippen LogP contribution >= 0.6 is 0 Å². The maximum Gasteiger partial charge on any atom is 0.184 e. The van der Waals surface area contributed by atoms with Gasteiger partial charge in [0.1, 0.15) is 0 Å². The van der Waals surface area contributed by atoms with Gasteiger partial charge in [0.2, 0.25) is 0 Å². The van der Waals surface area contributed by atoms with Crippen molar-refractivity contribution in [1.82, 2.24) is 20.2 Å². The van der Waals surface area contributed by atoms with Crippen LogP contribution in [0, 0.1) is 18.8 Å². The molecule has 2 aromatic rings. The summed E-state index contributed by atoms with van der Waals surface area (Å²) in [6.45, 7) is 2.07. The van der Waals surface area contributed by atoms with Gasteiger partial charge in [-0.2, -0.15) is 0 Å². The summed E-state index contributed by atoms with van der Waals surface area (Å²) in [5.74, 6) is 2.35. The summed E-state index contributed by atoms with van der Waals surface area (Å²) in [5, 5.41) is 12.5. The Labute approximate surface area is 118 Å². The van der Waals surface area contributed by atoms with Gasteiger partial charge in [-0.05, 0) is 67.0 Å². The molecule has 0 aliphatic heterocycles. The number of nitrogens with two attached hydrogens (primary N) is 1. The smallest absolute Gasteiger partial charge is 0.184 e. The van der Waals surface area contributed by atoms with Gasteiger partial charge in [0.15, 0.2) is 5.82 Å². The summed E-state index contributed by atoms with van der Waals surface area (Å²) in [4.78, 5) is 0. The van der Waals surface area contributed by atoms with Crippen LogP contribution in [0.2, 0.25) is 0 Å².